The molecule has 0 aromatic heterocycles. The molecular formula is C44H47N3O6. The number of carbonyl (C=O) groups excluding carboxylic acids is 2. The molecule has 4 atom stereocenters. The highest BCUT2D eigenvalue weighted by Crippen LogP contribution is 2.39. The minimum atomic E-state index is -0.822. The lowest BCUT2D eigenvalue weighted by Gasteiger charge is -2.38. The molecule has 0 bridgehead atoms. The van der Waals surface area contributed by atoms with E-state index in [2.05, 4.69) is 46.8 Å². The minimum absolute atomic E-state index is 0.00615. The summed E-state index contributed by atoms with van der Waals surface area (Å²) in [4.78, 5) is 27.7. The van der Waals surface area contributed by atoms with E-state index in [1.54, 1.807) is 0 Å². The van der Waals surface area contributed by atoms with E-state index in [9.17, 15) is 14.7 Å². The second-order valence-corrected chi connectivity index (χ2v) is 13.4. The van der Waals surface area contributed by atoms with Gasteiger partial charge in [0.25, 0.3) is 0 Å². The van der Waals surface area contributed by atoms with Gasteiger partial charge in [-0.15, -0.1) is 0 Å². The number of amides is 2. The average Bonchev–Trinajstić information content (AvgIpc) is 3.20. The topological polar surface area (TPSA) is 109 Å². The highest BCUT2D eigenvalue weighted by Gasteiger charge is 2.33. The molecule has 1 saturated heterocycles. The van der Waals surface area contributed by atoms with E-state index in [0.717, 1.165) is 52.0 Å². The molecule has 0 unspecified atom stereocenters. The SMILES string of the molecule is COC(=O)[C@H](Cc1ccccc1)NC(=O)NCc1ccccc1-c1ccc([C@H]2O[C@@H](CN(C)Cc3ccccc3)C[C@@H](c3ccc(CO)cc3)O2)cc1. The fourth-order valence-electron chi connectivity index (χ4n) is 6.69. The van der Waals surface area contributed by atoms with E-state index in [1.807, 2.05) is 109 Å². The van der Waals surface area contributed by atoms with Crippen LogP contribution in [0.25, 0.3) is 11.1 Å². The van der Waals surface area contributed by atoms with Crippen LogP contribution in [-0.4, -0.2) is 54.9 Å². The highest BCUT2D eigenvalue weighted by atomic mass is 16.7. The third-order valence-corrected chi connectivity index (χ3v) is 9.45. The van der Waals surface area contributed by atoms with Crippen LogP contribution in [0.1, 0.15) is 52.2 Å². The second-order valence-electron chi connectivity index (χ2n) is 13.4. The Morgan fingerprint density at radius 3 is 2.11 bits per heavy atom. The quantitative estimate of drug-likeness (QED) is 0.105. The molecule has 274 valence electrons. The Bertz CT molecular complexity index is 1900. The fourth-order valence-corrected chi connectivity index (χ4v) is 6.69. The number of rotatable bonds is 14. The second kappa shape index (κ2) is 18.4. The van der Waals surface area contributed by atoms with E-state index < -0.39 is 24.3 Å². The van der Waals surface area contributed by atoms with Crippen LogP contribution in [0.4, 0.5) is 4.79 Å². The number of urea groups is 1. The number of methoxy groups -OCH3 is 1. The zero-order chi connectivity index (χ0) is 37.0. The monoisotopic (exact) mass is 713 g/mol. The maximum Gasteiger partial charge on any atom is 0.328 e. The van der Waals surface area contributed by atoms with Crippen molar-refractivity contribution in [2.75, 3.05) is 20.7 Å². The van der Waals surface area contributed by atoms with Crippen LogP contribution in [0.5, 0.6) is 0 Å². The number of carbonyl (C=O) groups is 2. The number of hydrogen-bond acceptors (Lipinski definition) is 7. The van der Waals surface area contributed by atoms with E-state index in [0.29, 0.717) is 12.8 Å². The van der Waals surface area contributed by atoms with Crippen molar-refractivity contribution >= 4 is 12.0 Å². The van der Waals surface area contributed by atoms with Gasteiger partial charge < -0.3 is 30.0 Å². The first-order chi connectivity index (χ1) is 25.9. The number of aliphatic hydroxyl groups excluding tert-OH is 1. The summed E-state index contributed by atoms with van der Waals surface area (Å²) >= 11 is 0. The molecule has 2 amide bonds. The summed E-state index contributed by atoms with van der Waals surface area (Å²) in [7, 11) is 3.42. The van der Waals surface area contributed by atoms with Crippen molar-refractivity contribution in [3.8, 4) is 11.1 Å². The Hall–Kier alpha value is -5.32. The molecule has 5 aromatic carbocycles. The van der Waals surface area contributed by atoms with Gasteiger partial charge in [-0.05, 0) is 46.0 Å². The molecule has 0 saturated carbocycles. The molecule has 9 nitrogen and oxygen atoms in total. The Morgan fingerprint density at radius 2 is 1.43 bits per heavy atom. The van der Waals surface area contributed by atoms with Crippen LogP contribution in [0.15, 0.2) is 133 Å². The Labute approximate surface area is 311 Å². The lowest BCUT2D eigenvalue weighted by Crippen LogP contribution is -2.47. The molecule has 0 spiro atoms. The number of esters is 1. The van der Waals surface area contributed by atoms with Gasteiger partial charge in [-0.1, -0.05) is 133 Å². The van der Waals surface area contributed by atoms with Gasteiger partial charge >= 0.3 is 12.0 Å². The van der Waals surface area contributed by atoms with E-state index >= 15 is 0 Å². The van der Waals surface area contributed by atoms with Crippen LogP contribution in [0.2, 0.25) is 0 Å². The summed E-state index contributed by atoms with van der Waals surface area (Å²) in [5.41, 5.74) is 7.85. The maximum absolute atomic E-state index is 13.0. The lowest BCUT2D eigenvalue weighted by atomic mass is 9.97. The zero-order valence-electron chi connectivity index (χ0n) is 30.2. The highest BCUT2D eigenvalue weighted by molar-refractivity contribution is 5.84. The largest absolute Gasteiger partial charge is 0.467 e. The van der Waals surface area contributed by atoms with E-state index in [4.69, 9.17) is 14.2 Å². The van der Waals surface area contributed by atoms with Gasteiger partial charge in [-0.3, -0.25) is 4.90 Å². The van der Waals surface area contributed by atoms with Gasteiger partial charge in [-0.25, -0.2) is 9.59 Å². The molecular weight excluding hydrogens is 666 g/mol. The third-order valence-electron chi connectivity index (χ3n) is 9.45. The van der Waals surface area contributed by atoms with Gasteiger partial charge in [0, 0.05) is 38.0 Å². The van der Waals surface area contributed by atoms with Crippen molar-refractivity contribution in [2.24, 2.45) is 0 Å². The van der Waals surface area contributed by atoms with Crippen molar-refractivity contribution in [1.29, 1.82) is 0 Å². The summed E-state index contributed by atoms with van der Waals surface area (Å²) in [6.45, 7) is 1.80. The summed E-state index contributed by atoms with van der Waals surface area (Å²) < 4.78 is 18.2. The smallest absolute Gasteiger partial charge is 0.328 e. The van der Waals surface area contributed by atoms with Gasteiger partial charge in [0.1, 0.15) is 6.04 Å². The number of likely N-dealkylation sites (N-methyl/N-ethyl adjacent to an activating group) is 1. The molecule has 5 aromatic rings. The molecule has 1 heterocycles. The van der Waals surface area contributed by atoms with Gasteiger partial charge in [0.05, 0.1) is 25.9 Å². The van der Waals surface area contributed by atoms with Gasteiger partial charge in [0.2, 0.25) is 0 Å². The number of ether oxygens (including phenoxy) is 3. The number of nitrogens with zero attached hydrogens (tertiary/aromatic N) is 1. The van der Waals surface area contributed by atoms with Crippen LogP contribution < -0.4 is 10.6 Å². The molecule has 0 aliphatic carbocycles. The molecule has 1 aliphatic heterocycles. The first kappa shape index (κ1) is 37.4. The summed E-state index contributed by atoms with van der Waals surface area (Å²) in [6.07, 6.45) is 0.192. The Kier molecular flexibility index (Phi) is 13.0. The molecule has 0 radical (unpaired) electrons. The fraction of sp³-hybridized carbons (Fsp3) is 0.273. The lowest BCUT2D eigenvalue weighted by molar-refractivity contribution is -0.252. The van der Waals surface area contributed by atoms with Crippen molar-refractivity contribution in [3.05, 3.63) is 167 Å². The predicted octanol–water partition coefficient (Wildman–Crippen LogP) is 7.11. The van der Waals surface area contributed by atoms with Crippen molar-refractivity contribution in [3.63, 3.8) is 0 Å². The molecule has 53 heavy (non-hydrogen) atoms. The molecule has 3 N–H and O–H groups in total. The van der Waals surface area contributed by atoms with Crippen LogP contribution >= 0.6 is 0 Å². The average molecular weight is 714 g/mol. The third kappa shape index (κ3) is 10.4. The van der Waals surface area contributed by atoms with Gasteiger partial charge in [0.15, 0.2) is 6.29 Å². The molecule has 1 fully saturated rings. The van der Waals surface area contributed by atoms with Crippen LogP contribution in [-0.2, 0) is 45.1 Å². The summed E-state index contributed by atoms with van der Waals surface area (Å²) in [5, 5.41) is 15.3. The molecule has 1 aliphatic rings. The normalized spacial score (nSPS) is 17.5. The maximum atomic E-state index is 13.0. The predicted molar refractivity (Wildman–Crippen MR) is 204 cm³/mol. The minimum Gasteiger partial charge on any atom is -0.467 e. The summed E-state index contributed by atoms with van der Waals surface area (Å²) in [6, 6.07) is 42.6. The Morgan fingerprint density at radius 1 is 0.792 bits per heavy atom. The van der Waals surface area contributed by atoms with E-state index in [1.165, 1.54) is 12.7 Å². The van der Waals surface area contributed by atoms with Crippen LogP contribution in [0, 0.1) is 0 Å². The van der Waals surface area contributed by atoms with Gasteiger partial charge in [-0.2, -0.15) is 0 Å². The summed E-state index contributed by atoms with van der Waals surface area (Å²) in [5.74, 6) is -0.508. The Balaban J connectivity index is 1.14. The number of benzene rings is 5. The zero-order valence-corrected chi connectivity index (χ0v) is 30.2. The standard InChI is InChI=1S/C44H47N3O6/c1-47(28-32-13-7-4-8-14-32)29-38-26-41(35-19-17-33(30-48)18-20-35)53-43(52-38)36-23-21-34(22-24-36)39-16-10-9-15-37(39)27-45-44(50)46-40(42(49)51-2)25-31-11-5-3-6-12-31/h3-24,38,40-41,43,48H,25-30H2,1-2H3,(H2,45,46,50)/t38-,40+,41+,43+/m1/s1. The first-order valence-electron chi connectivity index (χ1n) is 18.0. The number of aliphatic hydroxyl groups is 1. The van der Waals surface area contributed by atoms with Crippen molar-refractivity contribution in [2.45, 2.75) is 57.1 Å². The number of nitrogens with one attached hydrogen (secondary N) is 2. The van der Waals surface area contributed by atoms with Crippen molar-refractivity contribution < 1.29 is 28.9 Å². The molecule has 9 heteroatoms. The van der Waals surface area contributed by atoms with Crippen LogP contribution in [0.3, 0.4) is 0 Å². The first-order valence-corrected chi connectivity index (χ1v) is 18.0. The van der Waals surface area contributed by atoms with E-state index in [-0.39, 0.29) is 25.4 Å². The van der Waals surface area contributed by atoms with Crippen molar-refractivity contribution in [1.82, 2.24) is 15.5 Å². The molecule has 6 rings (SSSR count). The number of hydrogen-bond donors (Lipinski definition) is 3.